The molecule has 0 aromatic carbocycles. The molecule has 3 fully saturated rings. The van der Waals surface area contributed by atoms with Crippen LogP contribution in [0.5, 0.6) is 0 Å². The van der Waals surface area contributed by atoms with Crippen LogP contribution >= 0.6 is 23.4 Å². The number of anilines is 2. The number of hydrogen-bond donors (Lipinski definition) is 2. The van der Waals surface area contributed by atoms with Crippen LogP contribution in [0.15, 0.2) is 22.2 Å². The Labute approximate surface area is 226 Å². The number of sulfone groups is 1. The summed E-state index contributed by atoms with van der Waals surface area (Å²) >= 11 is 8.03. The Morgan fingerprint density at radius 2 is 2.00 bits per heavy atom. The van der Waals surface area contributed by atoms with Crippen LogP contribution in [0.2, 0.25) is 5.02 Å². The summed E-state index contributed by atoms with van der Waals surface area (Å²) in [7, 11) is -3.16. The lowest BCUT2D eigenvalue weighted by Gasteiger charge is -2.42. The Kier molecular flexibility index (Phi) is 7.60. The molecule has 5 rings (SSSR count). The van der Waals surface area contributed by atoms with Crippen molar-refractivity contribution < 1.29 is 18.3 Å². The first-order valence-electron chi connectivity index (χ1n) is 12.5. The van der Waals surface area contributed by atoms with E-state index in [2.05, 4.69) is 9.88 Å². The van der Waals surface area contributed by atoms with Crippen LogP contribution < -0.4 is 15.5 Å². The zero-order chi connectivity index (χ0) is 26.4. The molecular weight excluding hydrogens is 536 g/mol. The first kappa shape index (κ1) is 26.9. The van der Waals surface area contributed by atoms with Gasteiger partial charge in [0, 0.05) is 42.2 Å². The molecule has 2 aromatic rings. The monoisotopic (exact) mass is 568 g/mol. The summed E-state index contributed by atoms with van der Waals surface area (Å²) in [6.07, 6.45) is 4.04. The molecule has 2 atom stereocenters. The average Bonchev–Trinajstić information content (AvgIpc) is 3.14. The van der Waals surface area contributed by atoms with E-state index in [1.807, 2.05) is 13.8 Å². The van der Waals surface area contributed by atoms with E-state index in [0.29, 0.717) is 51.8 Å². The predicted octanol–water partition coefficient (Wildman–Crippen LogP) is 2.39. The molecule has 0 aliphatic carbocycles. The number of aromatic nitrogens is 3. The van der Waals surface area contributed by atoms with Crippen LogP contribution in [0.4, 0.5) is 11.6 Å². The topological polar surface area (TPSA) is 135 Å². The molecule has 0 amide bonds. The minimum atomic E-state index is -3.16. The van der Waals surface area contributed by atoms with E-state index in [1.54, 1.807) is 17.2 Å². The number of hydrogen-bond acceptors (Lipinski definition) is 11. The van der Waals surface area contributed by atoms with Crippen molar-refractivity contribution in [2.24, 2.45) is 11.1 Å². The average molecular weight is 569 g/mol. The van der Waals surface area contributed by atoms with E-state index in [9.17, 15) is 13.5 Å². The van der Waals surface area contributed by atoms with E-state index < -0.39 is 9.84 Å². The number of aliphatic hydroxyl groups is 1. The van der Waals surface area contributed by atoms with Crippen molar-refractivity contribution >= 4 is 44.8 Å². The number of ether oxygens (including phenoxy) is 1. The number of pyridine rings is 1. The van der Waals surface area contributed by atoms with E-state index in [0.717, 1.165) is 31.6 Å². The van der Waals surface area contributed by atoms with E-state index in [-0.39, 0.29) is 35.8 Å². The summed E-state index contributed by atoms with van der Waals surface area (Å²) in [5.74, 6) is 1.23. The second-order valence-corrected chi connectivity index (χ2v) is 13.7. The van der Waals surface area contributed by atoms with Crippen LogP contribution in [-0.2, 0) is 21.2 Å². The van der Waals surface area contributed by atoms with Gasteiger partial charge in [0.1, 0.15) is 22.4 Å². The summed E-state index contributed by atoms with van der Waals surface area (Å²) in [6, 6.07) is 1.80. The van der Waals surface area contributed by atoms with Crippen molar-refractivity contribution in [1.29, 1.82) is 0 Å². The largest absolute Gasteiger partial charge is 0.390 e. The number of nitrogens with zero attached hydrogens (tertiary/aromatic N) is 5. The fraction of sp³-hybridized carbons (Fsp3) is 0.625. The molecule has 13 heteroatoms. The normalized spacial score (nSPS) is 25.1. The summed E-state index contributed by atoms with van der Waals surface area (Å²) in [6.45, 7) is 6.50. The third-order valence-electron chi connectivity index (χ3n) is 7.71. The molecule has 0 radical (unpaired) electrons. The highest BCUT2D eigenvalue weighted by Gasteiger charge is 2.47. The molecule has 0 saturated carbocycles. The smallest absolute Gasteiger partial charge is 0.168 e. The highest BCUT2D eigenvalue weighted by molar-refractivity contribution is 7.99. The van der Waals surface area contributed by atoms with E-state index in [4.69, 9.17) is 32.0 Å². The third kappa shape index (κ3) is 5.28. The van der Waals surface area contributed by atoms with Gasteiger partial charge in [0.25, 0.3) is 0 Å². The van der Waals surface area contributed by atoms with Gasteiger partial charge < -0.3 is 25.4 Å². The maximum atomic E-state index is 12.1. The lowest BCUT2D eigenvalue weighted by molar-refractivity contribution is 0.0973. The van der Waals surface area contributed by atoms with Gasteiger partial charge in [-0.25, -0.2) is 23.4 Å². The Bertz CT molecular complexity index is 1270. The molecular formula is C24H33ClN6O4S2. The molecule has 0 unspecified atom stereocenters. The van der Waals surface area contributed by atoms with Crippen molar-refractivity contribution in [2.45, 2.75) is 61.8 Å². The number of halogens is 1. The Balaban J connectivity index is 1.36. The van der Waals surface area contributed by atoms with Gasteiger partial charge in [0.05, 0.1) is 35.8 Å². The zero-order valence-electron chi connectivity index (χ0n) is 21.1. The van der Waals surface area contributed by atoms with Gasteiger partial charge in [-0.3, -0.25) is 0 Å². The molecule has 2 aromatic heterocycles. The fourth-order valence-electron chi connectivity index (χ4n) is 5.45. The quantitative estimate of drug-likeness (QED) is 0.550. The number of aliphatic hydroxyl groups excluding tert-OH is 1. The van der Waals surface area contributed by atoms with Crippen LogP contribution in [-0.4, -0.2) is 78.5 Å². The van der Waals surface area contributed by atoms with Gasteiger partial charge in [-0.05, 0) is 39.2 Å². The highest BCUT2D eigenvalue weighted by atomic mass is 35.5. The van der Waals surface area contributed by atoms with Gasteiger partial charge in [-0.2, -0.15) is 0 Å². The van der Waals surface area contributed by atoms with Crippen molar-refractivity contribution in [3.63, 3.8) is 0 Å². The standard InChI is InChI=1S/C24H33ClN6O4S2/c1-15-23(36-18-4-7-27-22(19(18)25)31-8-3-11-37(33,34)14-31)29-17(12-32)21(28-15)30-9-5-24(6-10-30)13-35-16(2)20(24)26/h4,7,16,20,32H,3,5-6,8-14,26H2,1-2H3/t16-,20+/m0/s1. The number of rotatable bonds is 5. The van der Waals surface area contributed by atoms with E-state index >= 15 is 0 Å². The Hall–Kier alpha value is -1.70. The van der Waals surface area contributed by atoms with Gasteiger partial charge >= 0.3 is 0 Å². The van der Waals surface area contributed by atoms with Gasteiger partial charge in [-0.15, -0.1) is 0 Å². The van der Waals surface area contributed by atoms with Crippen molar-refractivity contribution in [3.8, 4) is 0 Å². The summed E-state index contributed by atoms with van der Waals surface area (Å²) in [5, 5.41) is 11.2. The SMILES string of the molecule is Cc1nc(N2CCC3(CC2)CO[C@@H](C)[C@H]3N)c(CO)nc1Sc1ccnc(N2CCCS(=O)(=O)C2)c1Cl. The lowest BCUT2D eigenvalue weighted by Crippen LogP contribution is -2.51. The molecule has 202 valence electrons. The summed E-state index contributed by atoms with van der Waals surface area (Å²) < 4.78 is 30.1. The fourth-order valence-corrected chi connectivity index (χ4v) is 8.08. The Morgan fingerprint density at radius 1 is 1.24 bits per heavy atom. The lowest BCUT2D eigenvalue weighted by atomic mass is 9.73. The minimum absolute atomic E-state index is 0.00293. The van der Waals surface area contributed by atoms with Crippen molar-refractivity contribution in [2.75, 3.05) is 47.7 Å². The molecule has 37 heavy (non-hydrogen) atoms. The summed E-state index contributed by atoms with van der Waals surface area (Å²) in [4.78, 5) is 18.5. The van der Waals surface area contributed by atoms with Crippen LogP contribution in [0.3, 0.4) is 0 Å². The number of nitrogens with two attached hydrogens (primary N) is 1. The number of aryl methyl sites for hydroxylation is 1. The maximum Gasteiger partial charge on any atom is 0.168 e. The maximum absolute atomic E-state index is 12.1. The molecule has 3 aliphatic rings. The Morgan fingerprint density at radius 3 is 2.65 bits per heavy atom. The minimum Gasteiger partial charge on any atom is -0.390 e. The molecule has 1 spiro atoms. The second kappa shape index (κ2) is 10.5. The first-order valence-corrected chi connectivity index (χ1v) is 15.5. The van der Waals surface area contributed by atoms with Gasteiger partial charge in [-0.1, -0.05) is 23.4 Å². The predicted molar refractivity (Wildman–Crippen MR) is 144 cm³/mol. The van der Waals surface area contributed by atoms with E-state index in [1.165, 1.54) is 11.8 Å². The summed E-state index contributed by atoms with van der Waals surface area (Å²) in [5.41, 5.74) is 7.70. The molecule has 0 bridgehead atoms. The van der Waals surface area contributed by atoms with Gasteiger partial charge in [0.2, 0.25) is 0 Å². The zero-order valence-corrected chi connectivity index (χ0v) is 23.4. The first-order chi connectivity index (χ1) is 17.6. The second-order valence-electron chi connectivity index (χ2n) is 10.2. The highest BCUT2D eigenvalue weighted by Crippen LogP contribution is 2.43. The van der Waals surface area contributed by atoms with Gasteiger partial charge in [0.15, 0.2) is 15.7 Å². The number of piperidine rings is 1. The van der Waals surface area contributed by atoms with Crippen molar-refractivity contribution in [3.05, 3.63) is 28.7 Å². The van der Waals surface area contributed by atoms with Crippen molar-refractivity contribution in [1.82, 2.24) is 15.0 Å². The van der Waals surface area contributed by atoms with Crippen LogP contribution in [0, 0.1) is 12.3 Å². The van der Waals surface area contributed by atoms with Crippen LogP contribution in [0.1, 0.15) is 37.6 Å². The molecule has 3 N–H and O–H groups in total. The molecule has 5 heterocycles. The molecule has 3 aliphatic heterocycles. The molecule has 10 nitrogen and oxygen atoms in total. The van der Waals surface area contributed by atoms with Crippen LogP contribution in [0.25, 0.3) is 0 Å². The molecule has 3 saturated heterocycles. The third-order valence-corrected chi connectivity index (χ3v) is 11.0.